The first kappa shape index (κ1) is 16.1. The number of benzene rings is 1. The highest BCUT2D eigenvalue weighted by atomic mass is 35.5. The second-order valence-electron chi connectivity index (χ2n) is 6.30. The molecule has 1 unspecified atom stereocenters. The van der Waals surface area contributed by atoms with Gasteiger partial charge in [0.15, 0.2) is 0 Å². The van der Waals surface area contributed by atoms with Crippen molar-refractivity contribution in [2.75, 3.05) is 25.4 Å². The molecule has 1 atom stereocenters. The molecule has 0 saturated carbocycles. The molecule has 2 bridgehead atoms. The van der Waals surface area contributed by atoms with E-state index in [0.29, 0.717) is 12.0 Å². The van der Waals surface area contributed by atoms with E-state index in [1.54, 1.807) is 0 Å². The van der Waals surface area contributed by atoms with E-state index >= 15 is 0 Å². The van der Waals surface area contributed by atoms with Crippen LogP contribution in [0.4, 0.5) is 5.69 Å². The van der Waals surface area contributed by atoms with Gasteiger partial charge < -0.3 is 10.5 Å². The van der Waals surface area contributed by atoms with Gasteiger partial charge in [0.25, 0.3) is 0 Å². The fraction of sp³-hybridized carbons (Fsp3) is 0.389. The van der Waals surface area contributed by atoms with Gasteiger partial charge in [0.2, 0.25) is 5.88 Å². The molecule has 4 nitrogen and oxygen atoms in total. The van der Waals surface area contributed by atoms with E-state index in [9.17, 15) is 0 Å². The SMILES string of the molecule is Cl.Nc1cccc(-c2ccc(OC3CN4CCC3CC4)nc2)c1. The normalized spacial score (nSPS) is 25.7. The highest BCUT2D eigenvalue weighted by molar-refractivity contribution is 5.85. The van der Waals surface area contributed by atoms with Gasteiger partial charge in [0.1, 0.15) is 6.10 Å². The van der Waals surface area contributed by atoms with Gasteiger partial charge >= 0.3 is 0 Å². The summed E-state index contributed by atoms with van der Waals surface area (Å²) in [5.41, 5.74) is 8.75. The Morgan fingerprint density at radius 2 is 1.91 bits per heavy atom. The van der Waals surface area contributed by atoms with Crippen LogP contribution in [0.1, 0.15) is 12.8 Å². The molecule has 0 spiro atoms. The second-order valence-corrected chi connectivity index (χ2v) is 6.30. The molecule has 0 radical (unpaired) electrons. The van der Waals surface area contributed by atoms with E-state index in [4.69, 9.17) is 10.5 Å². The van der Waals surface area contributed by atoms with Crippen LogP contribution in [0, 0.1) is 5.92 Å². The standard InChI is InChI=1S/C18H21N3O.ClH/c19-16-3-1-2-14(10-16)15-4-5-18(20-11-15)22-17-12-21-8-6-13(17)7-9-21;/h1-5,10-11,13,17H,6-9,12,19H2;1H. The molecule has 2 N–H and O–H groups in total. The lowest BCUT2D eigenvalue weighted by atomic mass is 9.86. The zero-order valence-corrected chi connectivity index (χ0v) is 13.8. The molecule has 5 heteroatoms. The van der Waals surface area contributed by atoms with Gasteiger partial charge in [-0.3, -0.25) is 4.90 Å². The largest absolute Gasteiger partial charge is 0.473 e. The van der Waals surface area contributed by atoms with Crippen LogP contribution in [0.25, 0.3) is 11.1 Å². The summed E-state index contributed by atoms with van der Waals surface area (Å²) in [6, 6.07) is 11.9. The number of nitrogens with zero attached hydrogens (tertiary/aromatic N) is 2. The first-order valence-electron chi connectivity index (χ1n) is 7.99. The van der Waals surface area contributed by atoms with Crippen molar-refractivity contribution in [2.45, 2.75) is 18.9 Å². The summed E-state index contributed by atoms with van der Waals surface area (Å²) in [7, 11) is 0. The first-order chi connectivity index (χ1) is 10.8. The van der Waals surface area contributed by atoms with Crippen molar-refractivity contribution in [3.63, 3.8) is 0 Å². The van der Waals surface area contributed by atoms with E-state index < -0.39 is 0 Å². The average Bonchev–Trinajstić information content (AvgIpc) is 2.57. The van der Waals surface area contributed by atoms with Crippen molar-refractivity contribution in [2.24, 2.45) is 5.92 Å². The molecule has 5 rings (SSSR count). The molecule has 122 valence electrons. The van der Waals surface area contributed by atoms with Gasteiger partial charge in [-0.2, -0.15) is 0 Å². The van der Waals surface area contributed by atoms with Gasteiger partial charge in [0.05, 0.1) is 0 Å². The Labute approximate surface area is 143 Å². The molecule has 3 aliphatic heterocycles. The van der Waals surface area contributed by atoms with Crippen molar-refractivity contribution >= 4 is 18.1 Å². The van der Waals surface area contributed by atoms with Crippen LogP contribution in [-0.2, 0) is 0 Å². The molecule has 3 aliphatic rings. The quantitative estimate of drug-likeness (QED) is 0.877. The van der Waals surface area contributed by atoms with Crippen LogP contribution in [0.5, 0.6) is 5.88 Å². The van der Waals surface area contributed by atoms with E-state index in [0.717, 1.165) is 29.2 Å². The van der Waals surface area contributed by atoms with Crippen LogP contribution in [0.2, 0.25) is 0 Å². The zero-order valence-electron chi connectivity index (χ0n) is 13.0. The third kappa shape index (κ3) is 3.43. The molecule has 0 aliphatic carbocycles. The van der Waals surface area contributed by atoms with Gasteiger partial charge in [-0.1, -0.05) is 12.1 Å². The maximum Gasteiger partial charge on any atom is 0.213 e. The summed E-state index contributed by atoms with van der Waals surface area (Å²) in [6.07, 6.45) is 4.68. The number of aromatic nitrogens is 1. The molecule has 3 saturated heterocycles. The van der Waals surface area contributed by atoms with Crippen LogP contribution in [0.15, 0.2) is 42.6 Å². The topological polar surface area (TPSA) is 51.4 Å². The summed E-state index contributed by atoms with van der Waals surface area (Å²) >= 11 is 0. The summed E-state index contributed by atoms with van der Waals surface area (Å²) in [6.45, 7) is 3.50. The maximum absolute atomic E-state index is 6.13. The summed E-state index contributed by atoms with van der Waals surface area (Å²) in [5, 5.41) is 0. The lowest BCUT2D eigenvalue weighted by molar-refractivity contribution is -0.00992. The Morgan fingerprint density at radius 3 is 2.52 bits per heavy atom. The van der Waals surface area contributed by atoms with Crippen LogP contribution < -0.4 is 10.5 Å². The molecule has 1 aromatic heterocycles. The van der Waals surface area contributed by atoms with E-state index in [2.05, 4.69) is 16.0 Å². The number of nitrogen functional groups attached to an aromatic ring is 1. The minimum Gasteiger partial charge on any atom is -0.473 e. The number of fused-ring (bicyclic) bond motifs is 3. The highest BCUT2D eigenvalue weighted by Gasteiger charge is 2.35. The number of pyridine rings is 1. The van der Waals surface area contributed by atoms with Gasteiger partial charge in [-0.15, -0.1) is 12.4 Å². The predicted molar refractivity (Wildman–Crippen MR) is 94.9 cm³/mol. The Kier molecular flexibility index (Phi) is 4.74. The monoisotopic (exact) mass is 331 g/mol. The summed E-state index contributed by atoms with van der Waals surface area (Å²) in [5.74, 6) is 1.42. The fourth-order valence-electron chi connectivity index (χ4n) is 3.54. The number of halogens is 1. The third-order valence-corrected chi connectivity index (χ3v) is 4.82. The van der Waals surface area contributed by atoms with Crippen molar-refractivity contribution < 1.29 is 4.74 Å². The smallest absolute Gasteiger partial charge is 0.213 e. The molecular weight excluding hydrogens is 310 g/mol. The van der Waals surface area contributed by atoms with Crippen LogP contribution in [-0.4, -0.2) is 35.6 Å². The molecule has 3 fully saturated rings. The van der Waals surface area contributed by atoms with Crippen LogP contribution >= 0.6 is 12.4 Å². The number of piperidine rings is 3. The molecule has 2 aromatic rings. The summed E-state index contributed by atoms with van der Waals surface area (Å²) in [4.78, 5) is 6.97. The van der Waals surface area contributed by atoms with Gasteiger partial charge in [-0.25, -0.2) is 4.98 Å². The van der Waals surface area contributed by atoms with E-state index in [1.807, 2.05) is 36.5 Å². The fourth-order valence-corrected chi connectivity index (χ4v) is 3.54. The number of hydrogen-bond acceptors (Lipinski definition) is 4. The highest BCUT2D eigenvalue weighted by Crippen LogP contribution is 2.30. The van der Waals surface area contributed by atoms with Crippen molar-refractivity contribution in [3.8, 4) is 17.0 Å². The number of anilines is 1. The number of ether oxygens (including phenoxy) is 1. The van der Waals surface area contributed by atoms with Crippen molar-refractivity contribution in [1.82, 2.24) is 9.88 Å². The molecule has 4 heterocycles. The van der Waals surface area contributed by atoms with Crippen molar-refractivity contribution in [3.05, 3.63) is 42.6 Å². The second kappa shape index (κ2) is 6.77. The molecule has 23 heavy (non-hydrogen) atoms. The average molecular weight is 332 g/mol. The molecule has 0 amide bonds. The molecule has 1 aromatic carbocycles. The minimum atomic E-state index is 0. The lowest BCUT2D eigenvalue weighted by Gasteiger charge is -2.44. The number of rotatable bonds is 3. The maximum atomic E-state index is 6.13. The molecular formula is C18H22ClN3O. The predicted octanol–water partition coefficient (Wildman–Crippen LogP) is 3.23. The first-order valence-corrected chi connectivity index (χ1v) is 7.99. The van der Waals surface area contributed by atoms with E-state index in [1.165, 1.54) is 25.9 Å². The van der Waals surface area contributed by atoms with E-state index in [-0.39, 0.29) is 12.4 Å². The number of hydrogen-bond donors (Lipinski definition) is 1. The number of nitrogens with two attached hydrogens (primary N) is 1. The Morgan fingerprint density at radius 1 is 1.09 bits per heavy atom. The van der Waals surface area contributed by atoms with Gasteiger partial charge in [0, 0.05) is 30.1 Å². The van der Waals surface area contributed by atoms with Gasteiger partial charge in [-0.05, 0) is 55.6 Å². The minimum absolute atomic E-state index is 0. The third-order valence-electron chi connectivity index (χ3n) is 4.82. The summed E-state index contributed by atoms with van der Waals surface area (Å²) < 4.78 is 6.13. The lowest BCUT2D eigenvalue weighted by Crippen LogP contribution is -2.52. The van der Waals surface area contributed by atoms with Crippen molar-refractivity contribution in [1.29, 1.82) is 0 Å². The van der Waals surface area contributed by atoms with Crippen LogP contribution in [0.3, 0.4) is 0 Å². The Bertz CT molecular complexity index is 654. The zero-order chi connectivity index (χ0) is 14.9. The Hall–Kier alpha value is -1.78. The Balaban J connectivity index is 0.00000156.